The van der Waals surface area contributed by atoms with Crippen molar-refractivity contribution in [2.45, 2.75) is 0 Å². The van der Waals surface area contributed by atoms with Crippen LogP contribution in [0.1, 0.15) is 0 Å². The Hall–Kier alpha value is 0.649. The predicted octanol–water partition coefficient (Wildman–Crippen LogP) is -4.13. The Labute approximate surface area is 46.6 Å². The number of halogens is 1. The Balaban J connectivity index is 0. The minimum Gasteiger partial charge on any atom is -0.183 e. The van der Waals surface area contributed by atoms with Gasteiger partial charge in [-0.15, -0.1) is 0 Å². The van der Waals surface area contributed by atoms with Gasteiger partial charge in [0.15, 0.2) is 0 Å². The van der Waals surface area contributed by atoms with Crippen molar-refractivity contribution in [2.24, 2.45) is 0 Å². The van der Waals surface area contributed by atoms with E-state index in [1.54, 1.807) is 0 Å². The minimum absolute atomic E-state index is 0. The van der Waals surface area contributed by atoms with Gasteiger partial charge in [0.1, 0.15) is 0 Å². The summed E-state index contributed by atoms with van der Waals surface area (Å²) in [6.45, 7) is 0. The molecule has 4 nitrogen and oxygen atoms in total. The molecular weight excluding hydrogens is 155 g/mol. The zero-order chi connectivity index (χ0) is 4.50. The Morgan fingerprint density at radius 1 is 1.17 bits per heavy atom. The summed E-state index contributed by atoms with van der Waals surface area (Å²) in [6.07, 6.45) is 0. The van der Waals surface area contributed by atoms with Crippen LogP contribution in [0.15, 0.2) is 0 Å². The second-order valence-electron chi connectivity index (χ2n) is 0.396. The molecule has 0 bridgehead atoms. The fourth-order valence-corrected chi connectivity index (χ4v) is 0. The van der Waals surface area contributed by atoms with E-state index in [2.05, 4.69) is 0 Å². The molecule has 0 aromatic carbocycles. The SMILES string of the molecule is [Fe+3].[O-][Cl+3]([O-])([O-])O. The first-order valence-electron chi connectivity index (χ1n) is 0.632. The van der Waals surface area contributed by atoms with E-state index < -0.39 is 10.2 Å². The zero-order valence-electron chi connectivity index (χ0n) is 2.40. The van der Waals surface area contributed by atoms with Gasteiger partial charge in [0.2, 0.25) is 0 Å². The van der Waals surface area contributed by atoms with Crippen molar-refractivity contribution in [1.82, 2.24) is 0 Å². The van der Waals surface area contributed by atoms with E-state index in [0.29, 0.717) is 0 Å². The van der Waals surface area contributed by atoms with E-state index in [0.717, 1.165) is 0 Å². The van der Waals surface area contributed by atoms with Gasteiger partial charge in [0.05, 0.1) is 14.9 Å². The van der Waals surface area contributed by atoms with Crippen LogP contribution in [-0.4, -0.2) is 4.66 Å². The van der Waals surface area contributed by atoms with Crippen molar-refractivity contribution in [2.75, 3.05) is 0 Å². The van der Waals surface area contributed by atoms with Gasteiger partial charge in [-0.05, 0) is 0 Å². The summed E-state index contributed by atoms with van der Waals surface area (Å²) in [7, 11) is -4.69. The third kappa shape index (κ3) is 147. The monoisotopic (exact) mass is 156 g/mol. The van der Waals surface area contributed by atoms with Crippen molar-refractivity contribution in [3.8, 4) is 0 Å². The Morgan fingerprint density at radius 3 is 1.17 bits per heavy atom. The maximum absolute atomic E-state index is 8.60. The molecule has 0 saturated carbocycles. The molecule has 6 heteroatoms. The Morgan fingerprint density at radius 2 is 1.17 bits per heavy atom. The van der Waals surface area contributed by atoms with Crippen LogP contribution in [-0.2, 0) is 17.1 Å². The van der Waals surface area contributed by atoms with Crippen LogP contribution >= 0.6 is 0 Å². The van der Waals surface area contributed by atoms with Crippen LogP contribution in [0, 0.1) is 10.2 Å². The molecule has 0 atom stereocenters. The second kappa shape index (κ2) is 2.76. The topological polar surface area (TPSA) is 89.4 Å². The minimum atomic E-state index is -4.69. The van der Waals surface area contributed by atoms with Crippen LogP contribution in [0.5, 0.6) is 0 Å². The molecule has 0 aliphatic carbocycles. The summed E-state index contributed by atoms with van der Waals surface area (Å²) in [4.78, 5) is 0. The van der Waals surface area contributed by atoms with Gasteiger partial charge in [-0.2, -0.15) is 14.0 Å². The van der Waals surface area contributed by atoms with E-state index in [4.69, 9.17) is 18.6 Å². The van der Waals surface area contributed by atoms with Crippen molar-refractivity contribution >= 4 is 0 Å². The summed E-state index contributed by atoms with van der Waals surface area (Å²) >= 11 is 0. The normalized spacial score (nSPS) is 10.0. The molecule has 1 radical (unpaired) electrons. The fraction of sp³-hybridized carbons (Fsp3) is 0. The van der Waals surface area contributed by atoms with E-state index >= 15 is 0 Å². The second-order valence-corrected chi connectivity index (χ2v) is 1.19. The molecule has 37 valence electrons. The van der Waals surface area contributed by atoms with Crippen LogP contribution in [0.25, 0.3) is 0 Å². The van der Waals surface area contributed by atoms with Crippen LogP contribution in [0.4, 0.5) is 0 Å². The van der Waals surface area contributed by atoms with Crippen molar-refractivity contribution < 1.29 is 45.9 Å². The Kier molecular flexibility index (Phi) is 4.52. The molecule has 0 aromatic heterocycles. The molecule has 0 rings (SSSR count). The molecule has 0 aromatic rings. The van der Waals surface area contributed by atoms with Gasteiger partial charge < -0.3 is 0 Å². The van der Waals surface area contributed by atoms with Gasteiger partial charge in [-0.3, -0.25) is 0 Å². The van der Waals surface area contributed by atoms with E-state index in [1.807, 2.05) is 0 Å². The molecule has 0 heterocycles. The van der Waals surface area contributed by atoms with Crippen molar-refractivity contribution in [1.29, 1.82) is 0 Å². The third-order valence-electron chi connectivity index (χ3n) is 0. The summed E-state index contributed by atoms with van der Waals surface area (Å²) < 4.78 is 32.7. The van der Waals surface area contributed by atoms with E-state index in [-0.39, 0.29) is 17.1 Å². The quantitative estimate of drug-likeness (QED) is 0.361. The van der Waals surface area contributed by atoms with Gasteiger partial charge in [-0.25, -0.2) is 0 Å². The Bertz CT molecular complexity index is 23.0. The third-order valence-corrected chi connectivity index (χ3v) is 0. The first-order chi connectivity index (χ1) is 2.00. The zero-order valence-corrected chi connectivity index (χ0v) is 4.26. The fourth-order valence-electron chi connectivity index (χ4n) is 0. The predicted molar refractivity (Wildman–Crippen MR) is 2.22 cm³/mol. The molecule has 0 spiro atoms. The van der Waals surface area contributed by atoms with Gasteiger partial charge in [-0.1, -0.05) is 0 Å². The van der Waals surface area contributed by atoms with Crippen LogP contribution in [0.2, 0.25) is 0 Å². The molecule has 0 fully saturated rings. The average molecular weight is 156 g/mol. The maximum Gasteiger partial charge on any atom is 3.00 e. The van der Waals surface area contributed by atoms with Crippen LogP contribution in [0.3, 0.4) is 0 Å². The molecule has 1 N–H and O–H groups in total. The van der Waals surface area contributed by atoms with Crippen LogP contribution < -0.4 is 14.0 Å². The summed E-state index contributed by atoms with van der Waals surface area (Å²) in [5.74, 6) is 0. The van der Waals surface area contributed by atoms with Gasteiger partial charge in [0.25, 0.3) is 0 Å². The molecule has 0 aliphatic heterocycles. The van der Waals surface area contributed by atoms with Gasteiger partial charge >= 0.3 is 17.1 Å². The summed E-state index contributed by atoms with van der Waals surface area (Å²) in [5, 5.41) is 0. The molecule has 0 aliphatic rings. The smallest absolute Gasteiger partial charge is 0.183 e. The molecule has 0 amide bonds. The van der Waals surface area contributed by atoms with E-state index in [9.17, 15) is 0 Å². The largest absolute Gasteiger partial charge is 3.00 e. The van der Waals surface area contributed by atoms with Crippen molar-refractivity contribution in [3.05, 3.63) is 0 Å². The molecule has 0 unspecified atom stereocenters. The van der Waals surface area contributed by atoms with Crippen molar-refractivity contribution in [3.63, 3.8) is 0 Å². The number of hydrogen-bond donors (Lipinski definition) is 1. The number of hydrogen-bond acceptors (Lipinski definition) is 4. The average Bonchev–Trinajstić information content (AvgIpc) is 0.722. The van der Waals surface area contributed by atoms with Gasteiger partial charge in [0, 0.05) is 0 Å². The molecule has 6 heavy (non-hydrogen) atoms. The summed E-state index contributed by atoms with van der Waals surface area (Å²) in [6, 6.07) is 0. The summed E-state index contributed by atoms with van der Waals surface area (Å²) in [5.41, 5.74) is 0. The van der Waals surface area contributed by atoms with E-state index in [1.165, 1.54) is 0 Å². The molecular formula is HClFeO4+3. The molecule has 0 saturated heterocycles. The standard InChI is InChI=1S/ClHO4.Fe/c2-1(3,4)5;/h(H,2,3,4,5);/q;+3. The number of rotatable bonds is 0. The maximum atomic E-state index is 8.60. The first-order valence-corrected chi connectivity index (χ1v) is 1.90. The first kappa shape index (κ1) is 9.82.